The van der Waals surface area contributed by atoms with Gasteiger partial charge in [0.15, 0.2) is 0 Å². The maximum absolute atomic E-state index is 4.00. The standard InChI is InChI=1S/C6H9N2/c1-3-8-5-6(2)4-7-8/h4H,3H2,1-2H3. The van der Waals surface area contributed by atoms with Gasteiger partial charge in [-0.15, -0.1) is 0 Å². The van der Waals surface area contributed by atoms with Gasteiger partial charge >= 0.3 is 0 Å². The van der Waals surface area contributed by atoms with Crippen molar-refractivity contribution in [3.05, 3.63) is 18.0 Å². The summed E-state index contributed by atoms with van der Waals surface area (Å²) < 4.78 is 1.79. The lowest BCUT2D eigenvalue weighted by Gasteiger charge is -1.87. The van der Waals surface area contributed by atoms with Crippen molar-refractivity contribution in [3.63, 3.8) is 0 Å². The van der Waals surface area contributed by atoms with Crippen LogP contribution in [0, 0.1) is 13.1 Å². The summed E-state index contributed by atoms with van der Waals surface area (Å²) in [5.41, 5.74) is 1.10. The lowest BCUT2D eigenvalue weighted by atomic mass is 10.4. The highest BCUT2D eigenvalue weighted by molar-refractivity contribution is 4.96. The Morgan fingerprint density at radius 2 is 2.62 bits per heavy atom. The molecule has 0 unspecified atom stereocenters. The minimum atomic E-state index is 0.911. The molecule has 1 radical (unpaired) electrons. The van der Waals surface area contributed by atoms with Crippen molar-refractivity contribution >= 4 is 0 Å². The summed E-state index contributed by atoms with van der Waals surface area (Å²) >= 11 is 0. The van der Waals surface area contributed by atoms with Gasteiger partial charge in [-0.3, -0.25) is 4.68 Å². The van der Waals surface area contributed by atoms with Crippen LogP contribution in [-0.4, -0.2) is 9.78 Å². The Bertz CT molecular complexity index is 167. The Morgan fingerprint density at radius 3 is 2.88 bits per heavy atom. The fraction of sp³-hybridized carbons (Fsp3) is 0.500. The summed E-state index contributed by atoms with van der Waals surface area (Å²) in [6, 6.07) is 0. The first-order valence-electron chi connectivity index (χ1n) is 2.74. The van der Waals surface area contributed by atoms with Gasteiger partial charge in [-0.1, -0.05) is 0 Å². The molecule has 2 nitrogen and oxygen atoms in total. The SMILES string of the molecule is CCn1[c]c(C)cn1. The van der Waals surface area contributed by atoms with E-state index in [0.717, 1.165) is 12.1 Å². The molecule has 0 saturated carbocycles. The molecule has 0 fully saturated rings. The van der Waals surface area contributed by atoms with Crippen molar-refractivity contribution in [2.24, 2.45) is 0 Å². The van der Waals surface area contributed by atoms with Crippen LogP contribution in [0.3, 0.4) is 0 Å². The van der Waals surface area contributed by atoms with Crippen LogP contribution in [0.2, 0.25) is 0 Å². The molecular weight excluding hydrogens is 100 g/mol. The van der Waals surface area contributed by atoms with E-state index in [-0.39, 0.29) is 0 Å². The molecule has 0 aliphatic heterocycles. The quantitative estimate of drug-likeness (QED) is 0.526. The first-order valence-corrected chi connectivity index (χ1v) is 2.74. The molecule has 0 aliphatic carbocycles. The maximum atomic E-state index is 4.00. The number of nitrogens with zero attached hydrogens (tertiary/aromatic N) is 2. The number of hydrogen-bond acceptors (Lipinski definition) is 1. The molecule has 1 rings (SSSR count). The predicted molar refractivity (Wildman–Crippen MR) is 31.5 cm³/mol. The molecule has 1 heterocycles. The topological polar surface area (TPSA) is 17.8 Å². The Hall–Kier alpha value is -0.790. The minimum absolute atomic E-state index is 0.911. The third-order valence-electron chi connectivity index (χ3n) is 0.996. The minimum Gasteiger partial charge on any atom is -0.263 e. The van der Waals surface area contributed by atoms with Crippen molar-refractivity contribution in [1.82, 2.24) is 9.78 Å². The average molecular weight is 109 g/mol. The third-order valence-corrected chi connectivity index (χ3v) is 0.996. The fourth-order valence-corrected chi connectivity index (χ4v) is 0.578. The molecule has 1 aromatic rings. The smallest absolute Gasteiger partial charge is 0.0894 e. The molecular formula is C6H9N2. The van der Waals surface area contributed by atoms with E-state index in [1.54, 1.807) is 4.68 Å². The predicted octanol–water partition coefficient (Wildman–Crippen LogP) is 1.01. The van der Waals surface area contributed by atoms with Gasteiger partial charge in [0.2, 0.25) is 0 Å². The largest absolute Gasteiger partial charge is 0.263 e. The van der Waals surface area contributed by atoms with Crippen LogP contribution in [0.4, 0.5) is 0 Å². The summed E-state index contributed by atoms with van der Waals surface area (Å²) in [5, 5.41) is 4.00. The van der Waals surface area contributed by atoms with Crippen LogP contribution in [0.5, 0.6) is 0 Å². The van der Waals surface area contributed by atoms with Gasteiger partial charge < -0.3 is 0 Å². The Kier molecular flexibility index (Phi) is 1.33. The first kappa shape index (κ1) is 5.35. The van der Waals surface area contributed by atoms with Crippen molar-refractivity contribution in [3.8, 4) is 0 Å². The molecule has 0 amide bonds. The highest BCUT2D eigenvalue weighted by Crippen LogP contribution is 1.90. The molecule has 0 saturated heterocycles. The normalized spacial score (nSPS) is 9.75. The Labute approximate surface area is 49.1 Å². The van der Waals surface area contributed by atoms with Crippen molar-refractivity contribution < 1.29 is 0 Å². The molecule has 0 spiro atoms. The fourth-order valence-electron chi connectivity index (χ4n) is 0.578. The molecule has 2 heteroatoms. The van der Waals surface area contributed by atoms with Crippen molar-refractivity contribution in [2.75, 3.05) is 0 Å². The van der Waals surface area contributed by atoms with Gasteiger partial charge in [0.1, 0.15) is 0 Å². The zero-order chi connectivity index (χ0) is 5.98. The molecule has 0 bridgehead atoms. The van der Waals surface area contributed by atoms with E-state index in [4.69, 9.17) is 0 Å². The van der Waals surface area contributed by atoms with Gasteiger partial charge in [0, 0.05) is 6.54 Å². The lowest BCUT2D eigenvalue weighted by Crippen LogP contribution is -1.92. The number of hydrogen-bond donors (Lipinski definition) is 0. The summed E-state index contributed by atoms with van der Waals surface area (Å²) in [6.45, 7) is 4.94. The second kappa shape index (κ2) is 1.99. The number of rotatable bonds is 1. The van der Waals surface area contributed by atoms with Crippen molar-refractivity contribution in [2.45, 2.75) is 20.4 Å². The van der Waals surface area contributed by atoms with Crippen LogP contribution in [0.1, 0.15) is 12.5 Å². The van der Waals surface area contributed by atoms with Gasteiger partial charge in [-0.05, 0) is 19.4 Å². The highest BCUT2D eigenvalue weighted by Gasteiger charge is 1.87. The van der Waals surface area contributed by atoms with E-state index < -0.39 is 0 Å². The van der Waals surface area contributed by atoms with Crippen LogP contribution in [-0.2, 0) is 6.54 Å². The molecule has 43 valence electrons. The molecule has 0 aliphatic rings. The zero-order valence-corrected chi connectivity index (χ0v) is 5.18. The van der Waals surface area contributed by atoms with E-state index in [1.165, 1.54) is 0 Å². The molecule has 0 aromatic carbocycles. The summed E-state index contributed by atoms with van der Waals surface area (Å²) in [4.78, 5) is 0. The first-order chi connectivity index (χ1) is 3.83. The number of aryl methyl sites for hydroxylation is 2. The van der Waals surface area contributed by atoms with Gasteiger partial charge in [0.05, 0.1) is 12.4 Å². The van der Waals surface area contributed by atoms with Crippen LogP contribution >= 0.6 is 0 Å². The molecule has 0 N–H and O–H groups in total. The number of aromatic nitrogens is 2. The molecule has 1 aromatic heterocycles. The van der Waals surface area contributed by atoms with Crippen LogP contribution in [0.25, 0.3) is 0 Å². The summed E-state index contributed by atoms with van der Waals surface area (Å²) in [6.07, 6.45) is 4.84. The average Bonchev–Trinajstić information content (AvgIpc) is 2.14. The van der Waals surface area contributed by atoms with E-state index >= 15 is 0 Å². The Morgan fingerprint density at radius 1 is 1.88 bits per heavy atom. The third kappa shape index (κ3) is 0.886. The van der Waals surface area contributed by atoms with Crippen molar-refractivity contribution in [1.29, 1.82) is 0 Å². The van der Waals surface area contributed by atoms with E-state index in [0.29, 0.717) is 0 Å². The summed E-state index contributed by atoms with van der Waals surface area (Å²) in [7, 11) is 0. The summed E-state index contributed by atoms with van der Waals surface area (Å²) in [5.74, 6) is 0. The van der Waals surface area contributed by atoms with E-state index in [1.807, 2.05) is 20.0 Å². The van der Waals surface area contributed by atoms with Crippen LogP contribution in [0.15, 0.2) is 6.20 Å². The van der Waals surface area contributed by atoms with Gasteiger partial charge in [-0.2, -0.15) is 5.10 Å². The highest BCUT2D eigenvalue weighted by atomic mass is 15.3. The molecule has 0 atom stereocenters. The van der Waals surface area contributed by atoms with E-state index in [9.17, 15) is 0 Å². The van der Waals surface area contributed by atoms with E-state index in [2.05, 4.69) is 11.3 Å². The Balaban J connectivity index is 2.84. The lowest BCUT2D eigenvalue weighted by molar-refractivity contribution is 0.654. The monoisotopic (exact) mass is 109 g/mol. The molecule has 8 heavy (non-hydrogen) atoms. The van der Waals surface area contributed by atoms with Crippen LogP contribution < -0.4 is 0 Å². The second-order valence-corrected chi connectivity index (χ2v) is 1.76. The van der Waals surface area contributed by atoms with Gasteiger partial charge in [0.25, 0.3) is 0 Å². The zero-order valence-electron chi connectivity index (χ0n) is 5.18. The second-order valence-electron chi connectivity index (χ2n) is 1.76. The van der Waals surface area contributed by atoms with Gasteiger partial charge in [-0.25, -0.2) is 0 Å². The maximum Gasteiger partial charge on any atom is 0.0894 e.